The minimum atomic E-state index is -0.280. The highest BCUT2D eigenvalue weighted by Crippen LogP contribution is 2.43. The topological polar surface area (TPSA) is 23.6 Å². The molecule has 0 N–H and O–H groups in total. The fraction of sp³-hybridized carbons (Fsp3) is 0.650. The number of para-hydroxylation sites is 1. The van der Waals surface area contributed by atoms with Crippen LogP contribution in [0.3, 0.4) is 0 Å². The summed E-state index contributed by atoms with van der Waals surface area (Å²) in [6.07, 6.45) is 9.01. The van der Waals surface area contributed by atoms with E-state index in [1.54, 1.807) is 6.07 Å². The molecule has 1 amide bonds. The summed E-state index contributed by atoms with van der Waals surface area (Å²) in [5, 5.41) is 0. The Bertz CT molecular complexity index is 613. The maximum Gasteiger partial charge on any atom is 0.230 e. The maximum absolute atomic E-state index is 14.2. The maximum atomic E-state index is 14.2. The monoisotopic (exact) mass is 330 g/mol. The summed E-state index contributed by atoms with van der Waals surface area (Å²) in [5.41, 5.74) is 0.373. The summed E-state index contributed by atoms with van der Waals surface area (Å²) < 4.78 is 14.2. The molecule has 2 saturated heterocycles. The first kappa shape index (κ1) is 15.9. The molecule has 1 unspecified atom stereocenters. The van der Waals surface area contributed by atoms with E-state index in [-0.39, 0.29) is 11.2 Å². The molecule has 0 radical (unpaired) electrons. The summed E-state index contributed by atoms with van der Waals surface area (Å²) in [6.45, 7) is 2.42. The van der Waals surface area contributed by atoms with Crippen LogP contribution in [0.4, 0.5) is 10.1 Å². The minimum Gasteiger partial charge on any atom is -0.368 e. The lowest BCUT2D eigenvalue weighted by atomic mass is 9.78. The summed E-state index contributed by atoms with van der Waals surface area (Å²) in [5.74, 6) is 0.166. The quantitative estimate of drug-likeness (QED) is 0.819. The summed E-state index contributed by atoms with van der Waals surface area (Å²) >= 11 is 0. The fourth-order valence-electron chi connectivity index (χ4n) is 5.01. The molecule has 1 saturated carbocycles. The highest BCUT2D eigenvalue weighted by Gasteiger charge is 2.50. The Morgan fingerprint density at radius 3 is 2.58 bits per heavy atom. The van der Waals surface area contributed by atoms with Crippen LogP contribution in [-0.4, -0.2) is 36.5 Å². The van der Waals surface area contributed by atoms with Crippen molar-refractivity contribution in [3.63, 3.8) is 0 Å². The van der Waals surface area contributed by atoms with Crippen molar-refractivity contribution in [2.45, 2.75) is 57.4 Å². The first-order valence-electron chi connectivity index (χ1n) is 9.50. The highest BCUT2D eigenvalue weighted by molar-refractivity contribution is 5.86. The summed E-state index contributed by atoms with van der Waals surface area (Å²) in [7, 11) is 0. The van der Waals surface area contributed by atoms with Crippen LogP contribution in [0, 0.1) is 11.2 Å². The molecule has 0 aromatic heterocycles. The van der Waals surface area contributed by atoms with Crippen molar-refractivity contribution in [3.05, 3.63) is 30.1 Å². The van der Waals surface area contributed by atoms with Crippen molar-refractivity contribution in [1.82, 2.24) is 4.90 Å². The van der Waals surface area contributed by atoms with E-state index < -0.39 is 0 Å². The first-order valence-corrected chi connectivity index (χ1v) is 9.50. The Morgan fingerprint density at radius 2 is 1.79 bits per heavy atom. The molecule has 4 heteroatoms. The number of benzene rings is 1. The third-order valence-corrected chi connectivity index (χ3v) is 6.33. The number of halogens is 1. The molecule has 3 fully saturated rings. The molecule has 1 aromatic rings. The average Bonchev–Trinajstić information content (AvgIpc) is 2.92. The van der Waals surface area contributed by atoms with Crippen molar-refractivity contribution >= 4 is 11.6 Å². The van der Waals surface area contributed by atoms with Crippen molar-refractivity contribution in [2.75, 3.05) is 24.5 Å². The van der Waals surface area contributed by atoms with E-state index in [2.05, 4.69) is 9.80 Å². The van der Waals surface area contributed by atoms with Crippen LogP contribution in [0.15, 0.2) is 24.3 Å². The molecule has 1 spiro atoms. The van der Waals surface area contributed by atoms with E-state index in [0.717, 1.165) is 32.4 Å². The average molecular weight is 330 g/mol. The minimum absolute atomic E-state index is 0.177. The molecule has 2 heterocycles. The zero-order chi connectivity index (χ0) is 16.6. The second kappa shape index (κ2) is 6.38. The smallest absolute Gasteiger partial charge is 0.230 e. The number of anilines is 1. The van der Waals surface area contributed by atoms with Crippen LogP contribution in [0.25, 0.3) is 0 Å². The van der Waals surface area contributed by atoms with Crippen LogP contribution in [-0.2, 0) is 4.79 Å². The van der Waals surface area contributed by atoms with Gasteiger partial charge >= 0.3 is 0 Å². The third kappa shape index (κ3) is 2.70. The van der Waals surface area contributed by atoms with Gasteiger partial charge in [0.1, 0.15) is 5.82 Å². The van der Waals surface area contributed by atoms with Gasteiger partial charge in [-0.1, -0.05) is 31.4 Å². The standard InChI is InChI=1S/C20H27FN2O/c21-17-9-4-5-10-18(17)22-13-6-11-20(15-22)12-14-23(19(20)24)16-7-2-1-3-8-16/h4-5,9-10,16H,1-3,6-8,11-15H2. The van der Waals surface area contributed by atoms with E-state index in [1.807, 2.05) is 12.1 Å². The number of hydrogen-bond donors (Lipinski definition) is 0. The van der Waals surface area contributed by atoms with Crippen LogP contribution in [0.1, 0.15) is 51.4 Å². The van der Waals surface area contributed by atoms with Crippen molar-refractivity contribution < 1.29 is 9.18 Å². The molecule has 2 aliphatic heterocycles. The lowest BCUT2D eigenvalue weighted by Crippen LogP contribution is -2.50. The fourth-order valence-corrected chi connectivity index (χ4v) is 5.01. The number of piperidine rings is 1. The van der Waals surface area contributed by atoms with Gasteiger partial charge in [0.2, 0.25) is 5.91 Å². The summed E-state index contributed by atoms with van der Waals surface area (Å²) in [4.78, 5) is 17.5. The van der Waals surface area contributed by atoms with Gasteiger partial charge in [0.05, 0.1) is 11.1 Å². The predicted octanol–water partition coefficient (Wildman–Crippen LogP) is 3.98. The number of nitrogens with zero attached hydrogens (tertiary/aromatic N) is 2. The Kier molecular flexibility index (Phi) is 4.23. The Hall–Kier alpha value is -1.58. The lowest BCUT2D eigenvalue weighted by molar-refractivity contribution is -0.138. The van der Waals surface area contributed by atoms with Gasteiger partial charge in [-0.05, 0) is 44.2 Å². The molecule has 3 aliphatic rings. The zero-order valence-electron chi connectivity index (χ0n) is 14.3. The van der Waals surface area contributed by atoms with Crippen LogP contribution in [0.2, 0.25) is 0 Å². The number of likely N-dealkylation sites (tertiary alicyclic amines) is 1. The molecule has 0 bridgehead atoms. The van der Waals surface area contributed by atoms with Crippen LogP contribution in [0.5, 0.6) is 0 Å². The molecular formula is C20H27FN2O. The van der Waals surface area contributed by atoms with Gasteiger partial charge in [-0.25, -0.2) is 4.39 Å². The molecule has 3 nitrogen and oxygen atoms in total. The molecule has 1 aromatic carbocycles. The lowest BCUT2D eigenvalue weighted by Gasteiger charge is -2.41. The largest absolute Gasteiger partial charge is 0.368 e. The van der Waals surface area contributed by atoms with E-state index >= 15 is 0 Å². The van der Waals surface area contributed by atoms with Crippen LogP contribution >= 0.6 is 0 Å². The molecule has 4 rings (SSSR count). The third-order valence-electron chi connectivity index (χ3n) is 6.33. The molecule has 1 aliphatic carbocycles. The number of hydrogen-bond acceptors (Lipinski definition) is 2. The zero-order valence-corrected chi connectivity index (χ0v) is 14.3. The number of amides is 1. The number of carbonyl (C=O) groups is 1. The Labute approximate surface area is 143 Å². The van der Waals surface area contributed by atoms with E-state index in [0.29, 0.717) is 24.2 Å². The van der Waals surface area contributed by atoms with Gasteiger partial charge < -0.3 is 9.80 Å². The predicted molar refractivity (Wildman–Crippen MR) is 93.5 cm³/mol. The van der Waals surface area contributed by atoms with Gasteiger partial charge in [-0.3, -0.25) is 4.79 Å². The number of rotatable bonds is 2. The van der Waals surface area contributed by atoms with Crippen LogP contribution < -0.4 is 4.90 Å². The SMILES string of the molecule is O=C1N(C2CCCCC2)CCC12CCCN(c1ccccc1F)C2. The summed E-state index contributed by atoms with van der Waals surface area (Å²) in [6, 6.07) is 7.41. The van der Waals surface area contributed by atoms with E-state index in [4.69, 9.17) is 0 Å². The Morgan fingerprint density at radius 1 is 1.00 bits per heavy atom. The second-order valence-electron chi connectivity index (χ2n) is 7.80. The van der Waals surface area contributed by atoms with Gasteiger partial charge in [-0.2, -0.15) is 0 Å². The molecular weight excluding hydrogens is 303 g/mol. The van der Waals surface area contributed by atoms with E-state index in [1.165, 1.54) is 38.2 Å². The molecule has 1 atom stereocenters. The first-order chi connectivity index (χ1) is 11.7. The highest BCUT2D eigenvalue weighted by atomic mass is 19.1. The van der Waals surface area contributed by atoms with Gasteiger partial charge in [-0.15, -0.1) is 0 Å². The van der Waals surface area contributed by atoms with Gasteiger partial charge in [0.15, 0.2) is 0 Å². The number of carbonyl (C=O) groups excluding carboxylic acids is 1. The van der Waals surface area contributed by atoms with Gasteiger partial charge in [0.25, 0.3) is 0 Å². The normalized spacial score (nSPS) is 28.8. The molecule has 130 valence electrons. The van der Waals surface area contributed by atoms with Crippen molar-refractivity contribution in [1.29, 1.82) is 0 Å². The Balaban J connectivity index is 1.53. The van der Waals surface area contributed by atoms with Gasteiger partial charge in [0, 0.05) is 25.7 Å². The second-order valence-corrected chi connectivity index (χ2v) is 7.80. The molecule has 24 heavy (non-hydrogen) atoms. The van der Waals surface area contributed by atoms with Crippen molar-refractivity contribution in [3.8, 4) is 0 Å². The van der Waals surface area contributed by atoms with E-state index in [9.17, 15) is 9.18 Å². The van der Waals surface area contributed by atoms with Crippen molar-refractivity contribution in [2.24, 2.45) is 5.41 Å².